The standard InChI is InChI=1S/C13H15NO2S/c1-9-4-5-12(6-10(9)2)17(15,16)13(8-14)7-11(13)3/h4-6,11H,7H2,1-3H3. The summed E-state index contributed by atoms with van der Waals surface area (Å²) in [5.41, 5.74) is 1.99. The first-order valence-corrected chi connectivity index (χ1v) is 7.06. The number of hydrogen-bond donors (Lipinski definition) is 0. The lowest BCUT2D eigenvalue weighted by atomic mass is 10.1. The van der Waals surface area contributed by atoms with Crippen molar-refractivity contribution < 1.29 is 8.42 Å². The summed E-state index contributed by atoms with van der Waals surface area (Å²) in [7, 11) is -3.53. The van der Waals surface area contributed by atoms with Crippen LogP contribution in [0.5, 0.6) is 0 Å². The van der Waals surface area contributed by atoms with Gasteiger partial charge in [0.1, 0.15) is 0 Å². The highest BCUT2D eigenvalue weighted by Gasteiger charge is 2.62. The minimum Gasteiger partial charge on any atom is -0.222 e. The summed E-state index contributed by atoms with van der Waals surface area (Å²) in [5.74, 6) is -0.0703. The van der Waals surface area contributed by atoms with Gasteiger partial charge in [0.05, 0.1) is 11.0 Å². The highest BCUT2D eigenvalue weighted by molar-refractivity contribution is 7.93. The maximum absolute atomic E-state index is 12.4. The van der Waals surface area contributed by atoms with Crippen molar-refractivity contribution in [1.82, 2.24) is 0 Å². The SMILES string of the molecule is Cc1ccc(S(=O)(=O)C2(C#N)CC2C)cc1C. The summed E-state index contributed by atoms with van der Waals surface area (Å²) in [4.78, 5) is 0.270. The van der Waals surface area contributed by atoms with Gasteiger partial charge >= 0.3 is 0 Å². The van der Waals surface area contributed by atoms with Crippen molar-refractivity contribution in [2.45, 2.75) is 36.8 Å². The second-order valence-corrected chi connectivity index (χ2v) is 7.06. The van der Waals surface area contributed by atoms with E-state index in [1.54, 1.807) is 18.2 Å². The van der Waals surface area contributed by atoms with Crippen molar-refractivity contribution in [1.29, 1.82) is 5.26 Å². The molecule has 2 rings (SSSR count). The number of benzene rings is 1. The Labute approximate surface area is 102 Å². The molecule has 0 aromatic heterocycles. The van der Waals surface area contributed by atoms with Crippen molar-refractivity contribution in [2.75, 3.05) is 0 Å². The normalized spacial score (nSPS) is 27.5. The van der Waals surface area contributed by atoms with Gasteiger partial charge in [-0.3, -0.25) is 0 Å². The molecule has 0 saturated heterocycles. The number of rotatable bonds is 2. The Morgan fingerprint density at radius 1 is 1.35 bits per heavy atom. The molecular weight excluding hydrogens is 234 g/mol. The monoisotopic (exact) mass is 249 g/mol. The van der Waals surface area contributed by atoms with Crippen molar-refractivity contribution in [3.63, 3.8) is 0 Å². The third kappa shape index (κ3) is 1.57. The van der Waals surface area contributed by atoms with Crippen molar-refractivity contribution >= 4 is 9.84 Å². The predicted molar refractivity (Wildman–Crippen MR) is 65.2 cm³/mol. The Bertz CT molecular complexity index is 613. The lowest BCUT2D eigenvalue weighted by molar-refractivity contribution is 0.584. The minimum absolute atomic E-state index is 0.0703. The van der Waals surface area contributed by atoms with E-state index >= 15 is 0 Å². The number of sulfone groups is 1. The van der Waals surface area contributed by atoms with Gasteiger partial charge in [0.15, 0.2) is 14.6 Å². The smallest absolute Gasteiger partial charge is 0.197 e. The molecule has 1 saturated carbocycles. The average molecular weight is 249 g/mol. The molecular formula is C13H15NO2S. The van der Waals surface area contributed by atoms with E-state index in [9.17, 15) is 8.42 Å². The second kappa shape index (κ2) is 3.58. The zero-order chi connectivity index (χ0) is 12.8. The first-order chi connectivity index (χ1) is 7.85. The zero-order valence-electron chi connectivity index (χ0n) is 10.2. The average Bonchev–Trinajstić information content (AvgIpc) is 2.95. The van der Waals surface area contributed by atoms with E-state index in [0.717, 1.165) is 11.1 Å². The predicted octanol–water partition coefficient (Wildman–Crippen LogP) is 2.38. The van der Waals surface area contributed by atoms with E-state index in [4.69, 9.17) is 5.26 Å². The van der Waals surface area contributed by atoms with Crippen LogP contribution >= 0.6 is 0 Å². The molecule has 0 amide bonds. The van der Waals surface area contributed by atoms with Crippen molar-refractivity contribution in [3.8, 4) is 6.07 Å². The van der Waals surface area contributed by atoms with E-state index in [1.807, 2.05) is 26.8 Å². The van der Waals surface area contributed by atoms with Gasteiger partial charge in [0, 0.05) is 0 Å². The lowest BCUT2D eigenvalue weighted by Crippen LogP contribution is -2.23. The van der Waals surface area contributed by atoms with Gasteiger partial charge in [-0.1, -0.05) is 13.0 Å². The Morgan fingerprint density at radius 3 is 2.35 bits per heavy atom. The van der Waals surface area contributed by atoms with E-state index in [2.05, 4.69) is 0 Å². The lowest BCUT2D eigenvalue weighted by Gasteiger charge is -2.11. The van der Waals surface area contributed by atoms with E-state index < -0.39 is 14.6 Å². The van der Waals surface area contributed by atoms with E-state index in [1.165, 1.54) is 0 Å². The summed E-state index contributed by atoms with van der Waals surface area (Å²) < 4.78 is 23.6. The molecule has 2 atom stereocenters. The maximum Gasteiger partial charge on any atom is 0.197 e. The number of hydrogen-bond acceptors (Lipinski definition) is 3. The fourth-order valence-corrected chi connectivity index (χ4v) is 4.20. The first kappa shape index (κ1) is 12.1. The van der Waals surface area contributed by atoms with Crippen LogP contribution in [0.15, 0.2) is 23.1 Å². The molecule has 4 heteroatoms. The van der Waals surface area contributed by atoms with Gasteiger partial charge in [0.25, 0.3) is 0 Å². The van der Waals surface area contributed by atoms with Crippen molar-refractivity contribution in [3.05, 3.63) is 29.3 Å². The van der Waals surface area contributed by atoms with Gasteiger partial charge in [-0.05, 0) is 49.4 Å². The van der Waals surface area contributed by atoms with Crippen LogP contribution in [0.1, 0.15) is 24.5 Å². The summed E-state index contributed by atoms with van der Waals surface area (Å²) in [5, 5.41) is 9.12. The van der Waals surface area contributed by atoms with Gasteiger partial charge in [-0.15, -0.1) is 0 Å². The molecule has 0 heterocycles. The molecule has 1 aromatic rings. The van der Waals surface area contributed by atoms with Crippen LogP contribution in [-0.2, 0) is 9.84 Å². The van der Waals surface area contributed by atoms with E-state index in [-0.39, 0.29) is 10.8 Å². The Morgan fingerprint density at radius 2 is 1.94 bits per heavy atom. The van der Waals surface area contributed by atoms with Gasteiger partial charge in [0.2, 0.25) is 0 Å². The third-order valence-electron chi connectivity index (χ3n) is 3.70. The molecule has 17 heavy (non-hydrogen) atoms. The fraction of sp³-hybridized carbons (Fsp3) is 0.462. The molecule has 1 aliphatic carbocycles. The fourth-order valence-electron chi connectivity index (χ4n) is 2.08. The van der Waals surface area contributed by atoms with Crippen LogP contribution in [0.4, 0.5) is 0 Å². The molecule has 0 spiro atoms. The maximum atomic E-state index is 12.4. The Kier molecular flexibility index (Phi) is 2.55. The van der Waals surface area contributed by atoms with Gasteiger partial charge < -0.3 is 0 Å². The van der Waals surface area contributed by atoms with Crippen LogP contribution < -0.4 is 0 Å². The van der Waals surface area contributed by atoms with E-state index in [0.29, 0.717) is 6.42 Å². The van der Waals surface area contributed by atoms with Crippen molar-refractivity contribution in [2.24, 2.45) is 5.92 Å². The molecule has 1 fully saturated rings. The summed E-state index contributed by atoms with van der Waals surface area (Å²) in [6.07, 6.45) is 0.443. The van der Waals surface area contributed by atoms with Crippen LogP contribution in [0.3, 0.4) is 0 Å². The Hall–Kier alpha value is -1.34. The molecule has 1 aliphatic rings. The molecule has 2 unspecified atom stereocenters. The molecule has 3 nitrogen and oxygen atoms in total. The highest BCUT2D eigenvalue weighted by Crippen LogP contribution is 2.51. The quantitative estimate of drug-likeness (QED) is 0.808. The highest BCUT2D eigenvalue weighted by atomic mass is 32.2. The van der Waals surface area contributed by atoms with Crippen LogP contribution in [0.2, 0.25) is 0 Å². The van der Waals surface area contributed by atoms with Crippen LogP contribution in [0.25, 0.3) is 0 Å². The molecule has 1 aromatic carbocycles. The Balaban J connectivity index is 2.54. The van der Waals surface area contributed by atoms with Gasteiger partial charge in [-0.25, -0.2) is 8.42 Å². The largest absolute Gasteiger partial charge is 0.222 e. The summed E-state index contributed by atoms with van der Waals surface area (Å²) in [6.45, 7) is 5.62. The molecule has 0 N–H and O–H groups in total. The minimum atomic E-state index is -3.53. The van der Waals surface area contributed by atoms with Crippen LogP contribution in [0, 0.1) is 31.1 Å². The summed E-state index contributed by atoms with van der Waals surface area (Å²) >= 11 is 0. The molecule has 0 radical (unpaired) electrons. The summed E-state index contributed by atoms with van der Waals surface area (Å²) in [6, 6.07) is 7.04. The number of nitrogens with zero attached hydrogens (tertiary/aromatic N) is 1. The van der Waals surface area contributed by atoms with Gasteiger partial charge in [-0.2, -0.15) is 5.26 Å². The molecule has 90 valence electrons. The zero-order valence-corrected chi connectivity index (χ0v) is 11.0. The second-order valence-electron chi connectivity index (χ2n) is 4.86. The number of aryl methyl sites for hydroxylation is 2. The number of nitriles is 1. The topological polar surface area (TPSA) is 57.9 Å². The third-order valence-corrected chi connectivity index (χ3v) is 6.20. The molecule has 0 aliphatic heterocycles. The first-order valence-electron chi connectivity index (χ1n) is 5.58. The van der Waals surface area contributed by atoms with Crippen LogP contribution in [-0.4, -0.2) is 13.2 Å². The molecule has 0 bridgehead atoms.